The Balaban J connectivity index is 1.58. The lowest BCUT2D eigenvalue weighted by molar-refractivity contribution is -0.130. The van der Waals surface area contributed by atoms with Crippen molar-refractivity contribution in [3.63, 3.8) is 0 Å². The van der Waals surface area contributed by atoms with Crippen molar-refractivity contribution in [1.29, 1.82) is 0 Å². The number of likely N-dealkylation sites (tertiary alicyclic amines) is 1. The van der Waals surface area contributed by atoms with Gasteiger partial charge in [0.2, 0.25) is 10.9 Å². The Morgan fingerprint density at radius 2 is 1.92 bits per heavy atom. The Kier molecular flexibility index (Phi) is 4.45. The minimum atomic E-state index is -0.144. The van der Waals surface area contributed by atoms with Gasteiger partial charge in [0.05, 0.1) is 15.5 Å². The fourth-order valence-corrected chi connectivity index (χ4v) is 5.16. The van der Waals surface area contributed by atoms with Gasteiger partial charge in [0.25, 0.3) is 0 Å². The number of amides is 1. The van der Waals surface area contributed by atoms with E-state index in [-0.39, 0.29) is 11.2 Å². The highest BCUT2D eigenvalue weighted by molar-refractivity contribution is 8.00. The van der Waals surface area contributed by atoms with E-state index in [4.69, 9.17) is 0 Å². The molecule has 0 bridgehead atoms. The average Bonchev–Trinajstić information content (AvgIpc) is 3.02. The first-order valence-corrected chi connectivity index (χ1v) is 10.1. The molecular formula is C17H20N4OS2. The zero-order valence-corrected chi connectivity index (χ0v) is 15.3. The number of nitrogens with zero attached hydrogens (tertiary/aromatic N) is 4. The summed E-state index contributed by atoms with van der Waals surface area (Å²) in [6.07, 6.45) is 4.70. The molecule has 1 unspecified atom stereocenters. The fraction of sp³-hybridized carbons (Fsp3) is 0.471. The number of hydrogen-bond acceptors (Lipinski definition) is 5. The van der Waals surface area contributed by atoms with E-state index in [1.807, 2.05) is 24.0 Å². The van der Waals surface area contributed by atoms with E-state index >= 15 is 0 Å². The quantitative estimate of drug-likeness (QED) is 0.666. The maximum atomic E-state index is 12.8. The summed E-state index contributed by atoms with van der Waals surface area (Å²) in [6, 6.07) is 8.22. The molecule has 0 spiro atoms. The number of carbonyl (C=O) groups is 1. The van der Waals surface area contributed by atoms with Crippen LogP contribution in [0.4, 0.5) is 0 Å². The summed E-state index contributed by atoms with van der Waals surface area (Å²) < 4.78 is 3.26. The van der Waals surface area contributed by atoms with Crippen LogP contribution in [0.5, 0.6) is 0 Å². The number of thioether (sulfide) groups is 1. The lowest BCUT2D eigenvalue weighted by Crippen LogP contribution is -2.37. The minimum absolute atomic E-state index is 0.144. The van der Waals surface area contributed by atoms with Crippen LogP contribution in [-0.4, -0.2) is 43.7 Å². The van der Waals surface area contributed by atoms with Gasteiger partial charge in [-0.2, -0.15) is 0 Å². The van der Waals surface area contributed by atoms with Crippen LogP contribution in [0.1, 0.15) is 32.6 Å². The Morgan fingerprint density at radius 1 is 1.17 bits per heavy atom. The molecule has 24 heavy (non-hydrogen) atoms. The van der Waals surface area contributed by atoms with Gasteiger partial charge in [0.1, 0.15) is 0 Å². The average molecular weight is 361 g/mol. The highest BCUT2D eigenvalue weighted by atomic mass is 32.2. The predicted octanol–water partition coefficient (Wildman–Crippen LogP) is 3.83. The third-order valence-corrected chi connectivity index (χ3v) is 6.50. The Hall–Kier alpha value is -1.60. The first kappa shape index (κ1) is 15.9. The number of benzene rings is 1. The number of aromatic nitrogens is 3. The molecule has 1 fully saturated rings. The van der Waals surface area contributed by atoms with Crippen molar-refractivity contribution in [1.82, 2.24) is 19.5 Å². The van der Waals surface area contributed by atoms with Crippen molar-refractivity contribution < 1.29 is 4.79 Å². The van der Waals surface area contributed by atoms with Crippen LogP contribution in [0.15, 0.2) is 29.4 Å². The molecule has 126 valence electrons. The van der Waals surface area contributed by atoms with Crippen molar-refractivity contribution in [2.45, 2.75) is 43.0 Å². The van der Waals surface area contributed by atoms with Gasteiger partial charge < -0.3 is 4.90 Å². The molecule has 0 saturated carbocycles. The molecule has 1 saturated heterocycles. The van der Waals surface area contributed by atoms with Crippen molar-refractivity contribution in [2.75, 3.05) is 13.1 Å². The van der Waals surface area contributed by atoms with Crippen LogP contribution >= 0.6 is 23.1 Å². The monoisotopic (exact) mass is 360 g/mol. The lowest BCUT2D eigenvalue weighted by Gasteiger charge is -2.23. The highest BCUT2D eigenvalue weighted by Gasteiger charge is 2.24. The topological polar surface area (TPSA) is 50.5 Å². The number of para-hydroxylation sites is 1. The molecule has 7 heteroatoms. The van der Waals surface area contributed by atoms with Crippen LogP contribution < -0.4 is 0 Å². The second kappa shape index (κ2) is 6.72. The normalized spacial score (nSPS) is 17.3. The zero-order chi connectivity index (χ0) is 16.5. The smallest absolute Gasteiger partial charge is 0.235 e. The summed E-state index contributed by atoms with van der Waals surface area (Å²) in [5.41, 5.74) is 1.11. The summed E-state index contributed by atoms with van der Waals surface area (Å²) in [5.74, 6) is 0.221. The molecule has 0 N–H and O–H groups in total. The van der Waals surface area contributed by atoms with E-state index in [0.717, 1.165) is 41.6 Å². The van der Waals surface area contributed by atoms with Gasteiger partial charge in [-0.15, -0.1) is 10.2 Å². The first-order chi connectivity index (χ1) is 11.7. The fourth-order valence-electron chi connectivity index (χ4n) is 3.19. The van der Waals surface area contributed by atoms with E-state index in [1.54, 1.807) is 11.3 Å². The maximum Gasteiger partial charge on any atom is 0.235 e. The maximum absolute atomic E-state index is 12.8. The van der Waals surface area contributed by atoms with Crippen LogP contribution in [-0.2, 0) is 4.79 Å². The van der Waals surface area contributed by atoms with Crippen molar-refractivity contribution in [3.05, 3.63) is 24.3 Å². The molecule has 3 heterocycles. The first-order valence-electron chi connectivity index (χ1n) is 8.42. The second-order valence-electron chi connectivity index (χ2n) is 6.17. The number of hydrogen-bond donors (Lipinski definition) is 0. The highest BCUT2D eigenvalue weighted by Crippen LogP contribution is 2.31. The van der Waals surface area contributed by atoms with Crippen molar-refractivity contribution >= 4 is 44.2 Å². The van der Waals surface area contributed by atoms with E-state index in [1.165, 1.54) is 29.3 Å². The third-order valence-electron chi connectivity index (χ3n) is 4.46. The molecule has 1 atom stereocenters. The number of thiazole rings is 1. The van der Waals surface area contributed by atoms with Gasteiger partial charge >= 0.3 is 0 Å². The largest absolute Gasteiger partial charge is 0.342 e. The molecule has 3 aromatic rings. The molecule has 1 aromatic carbocycles. The van der Waals surface area contributed by atoms with Crippen LogP contribution in [0.2, 0.25) is 0 Å². The van der Waals surface area contributed by atoms with Gasteiger partial charge in [-0.1, -0.05) is 48.1 Å². The number of carbonyl (C=O) groups excluding carboxylic acids is 1. The van der Waals surface area contributed by atoms with Gasteiger partial charge in [0, 0.05) is 13.1 Å². The summed E-state index contributed by atoms with van der Waals surface area (Å²) in [7, 11) is 0. The summed E-state index contributed by atoms with van der Waals surface area (Å²) in [6.45, 7) is 3.76. The molecule has 1 aliphatic heterocycles. The van der Waals surface area contributed by atoms with Crippen LogP contribution in [0, 0.1) is 0 Å². The Bertz CT molecular complexity index is 864. The van der Waals surface area contributed by atoms with E-state index < -0.39 is 0 Å². The van der Waals surface area contributed by atoms with E-state index in [9.17, 15) is 4.79 Å². The summed E-state index contributed by atoms with van der Waals surface area (Å²) in [4.78, 5) is 15.7. The standard InChI is InChI=1S/C17H20N4OS2/c1-12(15(22)20-10-6-2-3-7-11-20)23-16-18-19-17-21(16)13-8-4-5-9-14(13)24-17/h4-5,8-9,12H,2-3,6-7,10-11H2,1H3. The minimum Gasteiger partial charge on any atom is -0.342 e. The molecular weight excluding hydrogens is 340 g/mol. The van der Waals surface area contributed by atoms with E-state index in [0.29, 0.717) is 0 Å². The van der Waals surface area contributed by atoms with Gasteiger partial charge in [0.15, 0.2) is 5.16 Å². The number of fused-ring (bicyclic) bond motifs is 3. The van der Waals surface area contributed by atoms with Crippen LogP contribution in [0.3, 0.4) is 0 Å². The van der Waals surface area contributed by atoms with Crippen molar-refractivity contribution in [2.24, 2.45) is 0 Å². The molecule has 4 rings (SSSR count). The summed E-state index contributed by atoms with van der Waals surface area (Å²) in [5, 5.41) is 9.25. The van der Waals surface area contributed by atoms with Gasteiger partial charge in [-0.3, -0.25) is 9.20 Å². The Labute approximate surface area is 149 Å². The molecule has 1 aliphatic rings. The zero-order valence-electron chi connectivity index (χ0n) is 13.6. The van der Waals surface area contributed by atoms with E-state index in [2.05, 4.69) is 26.7 Å². The molecule has 0 radical (unpaired) electrons. The molecule has 1 amide bonds. The van der Waals surface area contributed by atoms with Gasteiger partial charge in [-0.25, -0.2) is 0 Å². The third kappa shape index (κ3) is 2.91. The predicted molar refractivity (Wildman–Crippen MR) is 98.7 cm³/mol. The SMILES string of the molecule is CC(Sc1nnc2sc3ccccc3n12)C(=O)N1CCCCCC1. The number of rotatable bonds is 3. The van der Waals surface area contributed by atoms with Gasteiger partial charge in [-0.05, 0) is 31.9 Å². The Morgan fingerprint density at radius 3 is 2.71 bits per heavy atom. The molecule has 0 aliphatic carbocycles. The lowest BCUT2D eigenvalue weighted by atomic mass is 10.2. The molecule has 5 nitrogen and oxygen atoms in total. The summed E-state index contributed by atoms with van der Waals surface area (Å²) >= 11 is 3.14. The molecule has 2 aromatic heterocycles. The second-order valence-corrected chi connectivity index (χ2v) is 8.49. The van der Waals surface area contributed by atoms with Crippen LogP contribution in [0.25, 0.3) is 15.2 Å². The van der Waals surface area contributed by atoms with Crippen molar-refractivity contribution in [3.8, 4) is 0 Å².